The van der Waals surface area contributed by atoms with Gasteiger partial charge in [0.05, 0.1) is 28.6 Å². The molecule has 8 nitrogen and oxygen atoms in total. The molecule has 4 heterocycles. The summed E-state index contributed by atoms with van der Waals surface area (Å²) in [6.45, 7) is 8.37. The molecule has 4 atom stereocenters. The van der Waals surface area contributed by atoms with Gasteiger partial charge < -0.3 is 15.4 Å². The number of hydrogen-bond acceptors (Lipinski definition) is 8. The van der Waals surface area contributed by atoms with Gasteiger partial charge in [0, 0.05) is 25.7 Å². The molecule has 2 aromatic rings. The molecule has 0 spiro atoms. The summed E-state index contributed by atoms with van der Waals surface area (Å²) >= 11 is 1.61. The Morgan fingerprint density at radius 1 is 1.32 bits per heavy atom. The number of aromatic nitrogens is 1. The predicted octanol–water partition coefficient (Wildman–Crippen LogP) is 1.16. The van der Waals surface area contributed by atoms with Gasteiger partial charge in [0.25, 0.3) is 0 Å². The Kier molecular flexibility index (Phi) is 5.98. The van der Waals surface area contributed by atoms with Gasteiger partial charge in [-0.05, 0) is 45.4 Å². The maximum atomic E-state index is 13.4. The lowest BCUT2D eigenvalue weighted by atomic mass is 9.99. The van der Waals surface area contributed by atoms with Crippen LogP contribution in [-0.2, 0) is 9.53 Å². The Morgan fingerprint density at radius 3 is 2.97 bits per heavy atom. The summed E-state index contributed by atoms with van der Waals surface area (Å²) in [5.74, 6) is -0.349. The first-order valence-corrected chi connectivity index (χ1v) is 12.1. The quantitative estimate of drug-likeness (QED) is 0.563. The van der Waals surface area contributed by atoms with E-state index >= 15 is 0 Å². The number of rotatable bonds is 4. The first-order valence-electron chi connectivity index (χ1n) is 11.3. The van der Waals surface area contributed by atoms with Crippen LogP contribution < -0.4 is 21.3 Å². The molecule has 4 N–H and O–H groups in total. The number of ether oxygens (including phenoxy) is 1. The summed E-state index contributed by atoms with van der Waals surface area (Å²) in [5, 5.41) is 15.0. The lowest BCUT2D eigenvalue weighted by Gasteiger charge is -2.47. The number of nitrogens with one attached hydrogen (secondary N) is 4. The second-order valence-corrected chi connectivity index (χ2v) is 10.4. The third kappa shape index (κ3) is 4.62. The van der Waals surface area contributed by atoms with Crippen LogP contribution in [0.5, 0.6) is 0 Å². The fourth-order valence-corrected chi connectivity index (χ4v) is 5.93. The largest absolute Gasteiger partial charge is 0.373 e. The molecule has 3 fully saturated rings. The molecular formula is C22H32N6O2S. The zero-order chi connectivity index (χ0) is 21.4. The second-order valence-electron chi connectivity index (χ2n) is 9.34. The maximum Gasteiger partial charge on any atom is 0.235 e. The number of thiazole rings is 1. The van der Waals surface area contributed by atoms with Gasteiger partial charge in [-0.1, -0.05) is 12.1 Å². The van der Waals surface area contributed by atoms with Crippen molar-refractivity contribution in [3.63, 3.8) is 0 Å². The highest BCUT2D eigenvalue weighted by atomic mass is 32.1. The molecule has 3 aliphatic heterocycles. The third-order valence-corrected chi connectivity index (χ3v) is 7.46. The van der Waals surface area contributed by atoms with Gasteiger partial charge >= 0.3 is 0 Å². The van der Waals surface area contributed by atoms with Gasteiger partial charge in [-0.3, -0.25) is 20.3 Å². The Balaban J connectivity index is 1.41. The van der Waals surface area contributed by atoms with Crippen molar-refractivity contribution in [3.05, 3.63) is 29.3 Å². The van der Waals surface area contributed by atoms with E-state index in [2.05, 4.69) is 46.1 Å². The van der Waals surface area contributed by atoms with Crippen LogP contribution in [0.15, 0.2) is 24.3 Å². The van der Waals surface area contributed by atoms with Crippen LogP contribution in [0, 0.1) is 0 Å². The molecule has 9 heteroatoms. The van der Waals surface area contributed by atoms with E-state index in [9.17, 15) is 4.79 Å². The Hall–Kier alpha value is -1.62. The minimum Gasteiger partial charge on any atom is -0.373 e. The summed E-state index contributed by atoms with van der Waals surface area (Å²) in [6.07, 6.45) is 1.84. The van der Waals surface area contributed by atoms with Gasteiger partial charge in [0.2, 0.25) is 5.91 Å². The standard InChI is InChI=1S/C22H32N6O2S/c1-22(2)13-28(10-11-30-22)21-26-18(24-14-6-5-9-23-12-14)17(19(29)27-21)20-25-15-7-3-4-8-16(15)31-20/h3-4,7-8,14,17-18,21,23-24,26H,5-6,9-13H2,1-2H3,(H,27,29)/t14-,17?,18?,21?/m1/s1. The number of fused-ring (bicyclic) bond motifs is 1. The summed E-state index contributed by atoms with van der Waals surface area (Å²) in [6, 6.07) is 8.41. The van der Waals surface area contributed by atoms with E-state index in [0.29, 0.717) is 12.6 Å². The highest BCUT2D eigenvalue weighted by Crippen LogP contribution is 2.31. The number of hydrogen-bond donors (Lipinski definition) is 4. The van der Waals surface area contributed by atoms with E-state index in [1.54, 1.807) is 11.3 Å². The summed E-state index contributed by atoms with van der Waals surface area (Å²) < 4.78 is 6.98. The van der Waals surface area contributed by atoms with Crippen LogP contribution in [0.4, 0.5) is 0 Å². The van der Waals surface area contributed by atoms with Crippen LogP contribution in [-0.4, -0.2) is 72.7 Å². The molecule has 0 bridgehead atoms. The number of morpholine rings is 1. The molecule has 3 saturated heterocycles. The Morgan fingerprint density at radius 2 is 2.19 bits per heavy atom. The molecule has 31 heavy (non-hydrogen) atoms. The Bertz CT molecular complexity index is 895. The van der Waals surface area contributed by atoms with Gasteiger partial charge in [0.15, 0.2) is 0 Å². The van der Waals surface area contributed by atoms with Gasteiger partial charge in [-0.15, -0.1) is 11.3 Å². The van der Waals surface area contributed by atoms with Crippen LogP contribution in [0.2, 0.25) is 0 Å². The number of para-hydroxylation sites is 1. The van der Waals surface area contributed by atoms with Crippen molar-refractivity contribution >= 4 is 27.5 Å². The number of piperidine rings is 1. The number of amides is 1. The SMILES string of the molecule is CC1(C)CN(C2NC(=O)C(c3nc4ccccc4s3)C(N[C@@H]3CCCNC3)N2)CCO1. The first kappa shape index (κ1) is 21.2. The van der Waals surface area contributed by atoms with E-state index in [4.69, 9.17) is 9.72 Å². The molecule has 3 unspecified atom stereocenters. The highest BCUT2D eigenvalue weighted by molar-refractivity contribution is 7.18. The Labute approximate surface area is 187 Å². The normalized spacial score (nSPS) is 32.1. The number of carbonyl (C=O) groups excluding carboxylic acids is 1. The summed E-state index contributed by atoms with van der Waals surface area (Å²) in [7, 11) is 0. The van der Waals surface area contributed by atoms with Crippen LogP contribution in [0.3, 0.4) is 0 Å². The smallest absolute Gasteiger partial charge is 0.235 e. The van der Waals surface area contributed by atoms with Crippen molar-refractivity contribution in [2.75, 3.05) is 32.8 Å². The molecule has 3 aliphatic rings. The fourth-order valence-electron chi connectivity index (χ4n) is 4.82. The number of benzene rings is 1. The summed E-state index contributed by atoms with van der Waals surface area (Å²) in [5.41, 5.74) is 0.718. The first-order chi connectivity index (χ1) is 15.0. The van der Waals surface area contributed by atoms with Crippen molar-refractivity contribution in [2.24, 2.45) is 0 Å². The predicted molar refractivity (Wildman–Crippen MR) is 122 cm³/mol. The van der Waals surface area contributed by atoms with E-state index in [-0.39, 0.29) is 29.9 Å². The zero-order valence-electron chi connectivity index (χ0n) is 18.2. The maximum absolute atomic E-state index is 13.4. The van der Waals surface area contributed by atoms with Crippen molar-refractivity contribution in [2.45, 2.75) is 56.7 Å². The lowest BCUT2D eigenvalue weighted by Crippen LogP contribution is -2.72. The minimum atomic E-state index is -0.371. The monoisotopic (exact) mass is 444 g/mol. The van der Waals surface area contributed by atoms with Gasteiger partial charge in [-0.2, -0.15) is 0 Å². The van der Waals surface area contributed by atoms with Crippen LogP contribution in [0.25, 0.3) is 10.2 Å². The average Bonchev–Trinajstić information content (AvgIpc) is 3.17. The molecule has 0 saturated carbocycles. The van der Waals surface area contributed by atoms with Gasteiger partial charge in [-0.25, -0.2) is 4.98 Å². The van der Waals surface area contributed by atoms with E-state index in [1.165, 1.54) is 0 Å². The van der Waals surface area contributed by atoms with Crippen molar-refractivity contribution in [1.29, 1.82) is 0 Å². The summed E-state index contributed by atoms with van der Waals surface area (Å²) in [4.78, 5) is 20.5. The minimum absolute atomic E-state index is 0.0216. The van der Waals surface area contributed by atoms with Crippen molar-refractivity contribution in [3.8, 4) is 0 Å². The van der Waals surface area contributed by atoms with Gasteiger partial charge in [0.1, 0.15) is 17.2 Å². The zero-order valence-corrected chi connectivity index (χ0v) is 19.0. The van der Waals surface area contributed by atoms with Crippen molar-refractivity contribution < 1.29 is 9.53 Å². The molecule has 1 aromatic heterocycles. The van der Waals surface area contributed by atoms with E-state index < -0.39 is 0 Å². The second kappa shape index (κ2) is 8.73. The number of carbonyl (C=O) groups is 1. The molecule has 5 rings (SSSR count). The van der Waals surface area contributed by atoms with E-state index in [1.807, 2.05) is 18.2 Å². The molecule has 1 amide bonds. The van der Waals surface area contributed by atoms with E-state index in [0.717, 1.165) is 54.2 Å². The molecular weight excluding hydrogens is 412 g/mol. The highest BCUT2D eigenvalue weighted by Gasteiger charge is 2.43. The third-order valence-electron chi connectivity index (χ3n) is 6.34. The number of nitrogens with zero attached hydrogens (tertiary/aromatic N) is 2. The topological polar surface area (TPSA) is 90.6 Å². The van der Waals surface area contributed by atoms with Crippen molar-refractivity contribution in [1.82, 2.24) is 31.2 Å². The molecule has 168 valence electrons. The average molecular weight is 445 g/mol. The molecule has 1 aromatic carbocycles. The lowest BCUT2D eigenvalue weighted by molar-refractivity contribution is -0.138. The van der Waals surface area contributed by atoms with Crippen LogP contribution in [0.1, 0.15) is 37.6 Å². The molecule has 0 radical (unpaired) electrons. The molecule has 0 aliphatic carbocycles. The fraction of sp³-hybridized carbons (Fsp3) is 0.636. The van der Waals surface area contributed by atoms with Crippen LogP contribution >= 0.6 is 11.3 Å².